The number of likely N-dealkylation sites (tertiary alicyclic amines) is 1. The van der Waals surface area contributed by atoms with E-state index in [1.165, 1.54) is 4.90 Å². The number of piperidine rings is 1. The Morgan fingerprint density at radius 2 is 2.09 bits per heavy atom. The van der Waals surface area contributed by atoms with E-state index < -0.39 is 24.6 Å². The number of aromatic nitrogens is 3. The fourth-order valence-corrected chi connectivity index (χ4v) is 2.55. The number of hydrogen-bond donors (Lipinski definition) is 1. The van der Waals surface area contributed by atoms with E-state index in [-0.39, 0.29) is 19.1 Å². The standard InChI is InChI=1S/C13H19F3N4O2/c1-9(21)6-10-8-20(18-17-10)11-2-4-19(5-3-11)12(22)7-13(14,15)16/h8-9,11,21H,2-7H2,1H3. The third kappa shape index (κ3) is 4.69. The van der Waals surface area contributed by atoms with Gasteiger partial charge in [0.2, 0.25) is 5.91 Å². The maximum Gasteiger partial charge on any atom is 0.397 e. The van der Waals surface area contributed by atoms with E-state index >= 15 is 0 Å². The Hall–Kier alpha value is -1.64. The van der Waals surface area contributed by atoms with Crippen molar-refractivity contribution in [3.63, 3.8) is 0 Å². The van der Waals surface area contributed by atoms with Gasteiger partial charge in [0, 0.05) is 25.7 Å². The van der Waals surface area contributed by atoms with Crippen molar-refractivity contribution in [3.8, 4) is 0 Å². The quantitative estimate of drug-likeness (QED) is 0.908. The molecule has 0 aromatic carbocycles. The van der Waals surface area contributed by atoms with Crippen LogP contribution >= 0.6 is 0 Å². The van der Waals surface area contributed by atoms with Crippen LogP contribution in [0.5, 0.6) is 0 Å². The van der Waals surface area contributed by atoms with Crippen LogP contribution in [-0.4, -0.2) is 56.3 Å². The highest BCUT2D eigenvalue weighted by Crippen LogP contribution is 2.25. The molecule has 0 radical (unpaired) electrons. The number of alkyl halides is 3. The van der Waals surface area contributed by atoms with Crippen molar-refractivity contribution >= 4 is 5.91 Å². The third-order valence-electron chi connectivity index (χ3n) is 3.61. The van der Waals surface area contributed by atoms with Crippen LogP contribution in [0.4, 0.5) is 13.2 Å². The zero-order valence-corrected chi connectivity index (χ0v) is 12.3. The van der Waals surface area contributed by atoms with Crippen molar-refractivity contribution in [2.24, 2.45) is 0 Å². The molecular weight excluding hydrogens is 301 g/mol. The summed E-state index contributed by atoms with van der Waals surface area (Å²) in [6.45, 7) is 2.22. The molecule has 1 fully saturated rings. The molecule has 2 rings (SSSR count). The maximum absolute atomic E-state index is 12.2. The van der Waals surface area contributed by atoms with E-state index in [1.54, 1.807) is 17.8 Å². The highest BCUT2D eigenvalue weighted by molar-refractivity contribution is 5.76. The van der Waals surface area contributed by atoms with Crippen LogP contribution in [0.2, 0.25) is 0 Å². The molecule has 0 spiro atoms. The van der Waals surface area contributed by atoms with Crippen LogP contribution in [0.25, 0.3) is 0 Å². The minimum Gasteiger partial charge on any atom is -0.393 e. The van der Waals surface area contributed by atoms with Gasteiger partial charge in [0.05, 0.1) is 17.8 Å². The summed E-state index contributed by atoms with van der Waals surface area (Å²) in [6, 6.07) is 0.0187. The topological polar surface area (TPSA) is 71.2 Å². The van der Waals surface area contributed by atoms with Gasteiger partial charge in [-0.15, -0.1) is 5.10 Å². The molecule has 1 unspecified atom stereocenters. The summed E-state index contributed by atoms with van der Waals surface area (Å²) in [4.78, 5) is 12.8. The van der Waals surface area contributed by atoms with E-state index in [1.807, 2.05) is 0 Å². The molecule has 0 aliphatic carbocycles. The molecule has 0 bridgehead atoms. The van der Waals surface area contributed by atoms with Crippen molar-refractivity contribution in [2.45, 2.75) is 50.9 Å². The molecular formula is C13H19F3N4O2. The zero-order chi connectivity index (χ0) is 16.3. The number of aliphatic hydroxyl groups is 1. The summed E-state index contributed by atoms with van der Waals surface area (Å²) >= 11 is 0. The Morgan fingerprint density at radius 3 is 2.64 bits per heavy atom. The van der Waals surface area contributed by atoms with Gasteiger partial charge in [0.1, 0.15) is 6.42 Å². The Labute approximate surface area is 125 Å². The van der Waals surface area contributed by atoms with E-state index in [4.69, 9.17) is 0 Å². The number of carbonyl (C=O) groups excluding carboxylic acids is 1. The van der Waals surface area contributed by atoms with Gasteiger partial charge >= 0.3 is 6.18 Å². The molecule has 1 aliphatic heterocycles. The second-order valence-corrected chi connectivity index (χ2v) is 5.65. The smallest absolute Gasteiger partial charge is 0.393 e. The second-order valence-electron chi connectivity index (χ2n) is 5.65. The fraction of sp³-hybridized carbons (Fsp3) is 0.769. The number of nitrogens with zero attached hydrogens (tertiary/aromatic N) is 4. The molecule has 1 saturated heterocycles. The number of amides is 1. The van der Waals surface area contributed by atoms with Gasteiger partial charge < -0.3 is 10.0 Å². The lowest BCUT2D eigenvalue weighted by Crippen LogP contribution is -2.40. The first-order valence-corrected chi connectivity index (χ1v) is 7.18. The summed E-state index contributed by atoms with van der Waals surface area (Å²) in [7, 11) is 0. The van der Waals surface area contributed by atoms with Gasteiger partial charge in [-0.25, -0.2) is 4.68 Å². The predicted octanol–water partition coefficient (Wildman–Crippen LogP) is 1.32. The Kier molecular flexibility index (Phi) is 5.05. The van der Waals surface area contributed by atoms with Gasteiger partial charge in [-0.1, -0.05) is 5.21 Å². The summed E-state index contributed by atoms with van der Waals surface area (Å²) in [5.41, 5.74) is 0.672. The van der Waals surface area contributed by atoms with Crippen LogP contribution in [0, 0.1) is 0 Å². The molecule has 22 heavy (non-hydrogen) atoms. The van der Waals surface area contributed by atoms with Crippen molar-refractivity contribution < 1.29 is 23.1 Å². The first kappa shape index (κ1) is 16.7. The predicted molar refractivity (Wildman–Crippen MR) is 70.9 cm³/mol. The highest BCUT2D eigenvalue weighted by atomic mass is 19.4. The van der Waals surface area contributed by atoms with Crippen molar-refractivity contribution in [1.82, 2.24) is 19.9 Å². The summed E-state index contributed by atoms with van der Waals surface area (Å²) in [5.74, 6) is -0.876. The number of rotatable bonds is 4. The zero-order valence-electron chi connectivity index (χ0n) is 12.3. The van der Waals surface area contributed by atoms with Crippen molar-refractivity contribution in [2.75, 3.05) is 13.1 Å². The van der Waals surface area contributed by atoms with Crippen LogP contribution in [0.15, 0.2) is 6.20 Å². The van der Waals surface area contributed by atoms with Gasteiger partial charge in [-0.3, -0.25) is 4.79 Å². The van der Waals surface area contributed by atoms with E-state index in [9.17, 15) is 23.1 Å². The van der Waals surface area contributed by atoms with Crippen molar-refractivity contribution in [3.05, 3.63) is 11.9 Å². The van der Waals surface area contributed by atoms with Gasteiger partial charge in [0.25, 0.3) is 0 Å². The van der Waals surface area contributed by atoms with E-state index in [0.717, 1.165) is 0 Å². The minimum atomic E-state index is -4.46. The lowest BCUT2D eigenvalue weighted by atomic mass is 10.0. The average Bonchev–Trinajstić information content (AvgIpc) is 2.84. The average molecular weight is 320 g/mol. The lowest BCUT2D eigenvalue weighted by molar-refractivity contribution is -0.162. The lowest BCUT2D eigenvalue weighted by Gasteiger charge is -2.32. The number of aliphatic hydroxyl groups excluding tert-OH is 1. The Bertz CT molecular complexity index is 508. The van der Waals surface area contributed by atoms with Gasteiger partial charge in [-0.2, -0.15) is 13.2 Å². The Morgan fingerprint density at radius 1 is 1.45 bits per heavy atom. The van der Waals surface area contributed by atoms with Crippen LogP contribution in [0.3, 0.4) is 0 Å². The molecule has 1 aromatic rings. The van der Waals surface area contributed by atoms with Crippen molar-refractivity contribution in [1.29, 1.82) is 0 Å². The summed E-state index contributed by atoms with van der Waals surface area (Å²) in [5, 5.41) is 17.3. The molecule has 1 amide bonds. The highest BCUT2D eigenvalue weighted by Gasteiger charge is 2.35. The fourth-order valence-electron chi connectivity index (χ4n) is 2.55. The second kappa shape index (κ2) is 6.64. The van der Waals surface area contributed by atoms with Crippen LogP contribution < -0.4 is 0 Å². The molecule has 124 valence electrons. The summed E-state index contributed by atoms with van der Waals surface area (Å²) in [6.07, 6.45) is -3.14. The minimum absolute atomic E-state index is 0.0187. The molecule has 1 N–H and O–H groups in total. The first-order chi connectivity index (χ1) is 10.2. The molecule has 1 aromatic heterocycles. The molecule has 0 saturated carbocycles. The van der Waals surface area contributed by atoms with Gasteiger partial charge in [0.15, 0.2) is 0 Å². The molecule has 1 atom stereocenters. The van der Waals surface area contributed by atoms with Gasteiger partial charge in [-0.05, 0) is 19.8 Å². The maximum atomic E-state index is 12.2. The summed E-state index contributed by atoms with van der Waals surface area (Å²) < 4.78 is 38.3. The normalized spacial score (nSPS) is 18.5. The monoisotopic (exact) mass is 320 g/mol. The molecule has 6 nitrogen and oxygen atoms in total. The first-order valence-electron chi connectivity index (χ1n) is 7.18. The molecule has 1 aliphatic rings. The number of halogens is 3. The third-order valence-corrected chi connectivity index (χ3v) is 3.61. The van der Waals surface area contributed by atoms with Crippen LogP contribution in [-0.2, 0) is 11.2 Å². The number of hydrogen-bond acceptors (Lipinski definition) is 4. The molecule has 9 heteroatoms. The molecule has 2 heterocycles. The van der Waals surface area contributed by atoms with Crippen LogP contribution in [0.1, 0.15) is 37.9 Å². The SMILES string of the molecule is CC(O)Cc1cn(C2CCN(C(=O)CC(F)(F)F)CC2)nn1. The van der Waals surface area contributed by atoms with E-state index in [0.29, 0.717) is 25.0 Å². The number of carbonyl (C=O) groups is 1. The largest absolute Gasteiger partial charge is 0.397 e. The Balaban J connectivity index is 1.86. The van der Waals surface area contributed by atoms with E-state index in [2.05, 4.69) is 10.3 Å².